The molecule has 0 bridgehead atoms. The summed E-state index contributed by atoms with van der Waals surface area (Å²) in [7, 11) is 0. The minimum absolute atomic E-state index is 0.157. The van der Waals surface area contributed by atoms with Crippen molar-refractivity contribution >= 4 is 52.6 Å². The van der Waals surface area contributed by atoms with E-state index in [0.29, 0.717) is 27.9 Å². The molecule has 278 valence electrons. The van der Waals surface area contributed by atoms with E-state index in [-0.39, 0.29) is 43.1 Å². The highest BCUT2D eigenvalue weighted by molar-refractivity contribution is 6.39. The molecule has 1 aliphatic rings. The average molecular weight is 747 g/mol. The molecule has 5 aromatic rings. The molecule has 0 radical (unpaired) electrons. The number of rotatable bonds is 14. The Labute approximate surface area is 319 Å². The lowest BCUT2D eigenvalue weighted by Crippen LogP contribution is -2.44. The molecule has 0 saturated heterocycles. The van der Waals surface area contributed by atoms with Gasteiger partial charge < -0.3 is 31.3 Å². The summed E-state index contributed by atoms with van der Waals surface area (Å²) in [5.41, 5.74) is 5.05. The van der Waals surface area contributed by atoms with Gasteiger partial charge in [-0.2, -0.15) is 15.0 Å². The van der Waals surface area contributed by atoms with Crippen molar-refractivity contribution in [2.75, 3.05) is 29.0 Å². The van der Waals surface area contributed by atoms with Gasteiger partial charge in [0.05, 0.1) is 5.54 Å². The number of ether oxygens (including phenoxy) is 1. The molecule has 0 spiro atoms. The van der Waals surface area contributed by atoms with E-state index < -0.39 is 17.2 Å². The van der Waals surface area contributed by atoms with Crippen molar-refractivity contribution in [2.24, 2.45) is 5.41 Å². The van der Waals surface area contributed by atoms with Crippen LogP contribution in [0.2, 0.25) is 5.02 Å². The molecule has 54 heavy (non-hydrogen) atoms. The Balaban J connectivity index is 1.06. The van der Waals surface area contributed by atoms with E-state index in [1.54, 1.807) is 36.4 Å². The standard InChI is InChI=1S/C41H43ClN8O4/c1-26-5-9-28(10-6-26)23-54-39-48-37(47-38(49-39)50-41(21-22-41)30-13-15-31(42)16-14-30)46-33-19-11-29(12-20-33)34(51)43-24-40(3,4)25-44-35(52)36(53)45-32-17-7-27(2)8-18-32/h5-20H,21-25H2,1-4H3,(H,43,51)(H,44,52)(H,45,53)(H2,46,47,48,49,50). The summed E-state index contributed by atoms with van der Waals surface area (Å²) in [6, 6.07) is 30.0. The van der Waals surface area contributed by atoms with Crippen LogP contribution in [0.5, 0.6) is 6.01 Å². The molecule has 0 unspecified atom stereocenters. The molecule has 1 heterocycles. The summed E-state index contributed by atoms with van der Waals surface area (Å²) in [5.74, 6) is -1.16. The van der Waals surface area contributed by atoms with E-state index in [1.165, 1.54) is 0 Å². The van der Waals surface area contributed by atoms with Crippen molar-refractivity contribution in [3.05, 3.63) is 130 Å². The predicted molar refractivity (Wildman–Crippen MR) is 210 cm³/mol. The van der Waals surface area contributed by atoms with Gasteiger partial charge in [-0.25, -0.2) is 0 Å². The van der Waals surface area contributed by atoms with Gasteiger partial charge in [-0.05, 0) is 91.8 Å². The van der Waals surface area contributed by atoms with Crippen molar-refractivity contribution in [3.8, 4) is 6.01 Å². The number of carbonyl (C=O) groups excluding carboxylic acids is 3. The van der Waals surface area contributed by atoms with Gasteiger partial charge in [0.25, 0.3) is 5.91 Å². The van der Waals surface area contributed by atoms with Gasteiger partial charge in [0, 0.05) is 35.1 Å². The molecule has 6 rings (SSSR count). The molecule has 13 heteroatoms. The highest BCUT2D eigenvalue weighted by atomic mass is 35.5. The maximum absolute atomic E-state index is 13.1. The second kappa shape index (κ2) is 16.3. The molecule has 1 fully saturated rings. The largest absolute Gasteiger partial charge is 0.458 e. The number of anilines is 4. The van der Waals surface area contributed by atoms with Crippen LogP contribution in [0.15, 0.2) is 97.1 Å². The van der Waals surface area contributed by atoms with Gasteiger partial charge in [-0.3, -0.25) is 14.4 Å². The van der Waals surface area contributed by atoms with Crippen LogP contribution in [0, 0.1) is 19.3 Å². The van der Waals surface area contributed by atoms with Crippen LogP contribution in [0.4, 0.5) is 23.3 Å². The van der Waals surface area contributed by atoms with E-state index >= 15 is 0 Å². The number of hydrogen-bond acceptors (Lipinski definition) is 9. The molecular weight excluding hydrogens is 704 g/mol. The van der Waals surface area contributed by atoms with Gasteiger partial charge in [0.2, 0.25) is 11.9 Å². The molecule has 12 nitrogen and oxygen atoms in total. The molecule has 1 saturated carbocycles. The highest BCUT2D eigenvalue weighted by Gasteiger charge is 2.45. The van der Waals surface area contributed by atoms with Crippen molar-refractivity contribution in [3.63, 3.8) is 0 Å². The fraction of sp³-hybridized carbons (Fsp3) is 0.268. The minimum atomic E-state index is -0.757. The third-order valence-corrected chi connectivity index (χ3v) is 9.23. The van der Waals surface area contributed by atoms with Gasteiger partial charge >= 0.3 is 17.8 Å². The Morgan fingerprint density at radius 3 is 1.96 bits per heavy atom. The Kier molecular flexibility index (Phi) is 11.4. The van der Waals surface area contributed by atoms with Crippen LogP contribution in [0.1, 0.15) is 59.3 Å². The number of hydrogen-bond donors (Lipinski definition) is 5. The average Bonchev–Trinajstić information content (AvgIpc) is 3.94. The van der Waals surface area contributed by atoms with E-state index in [2.05, 4.69) is 41.5 Å². The lowest BCUT2D eigenvalue weighted by molar-refractivity contribution is -0.136. The number of benzene rings is 4. The molecule has 1 aromatic heterocycles. The maximum Gasteiger partial charge on any atom is 0.323 e. The molecule has 3 amide bonds. The topological polar surface area (TPSA) is 159 Å². The second-order valence-electron chi connectivity index (χ2n) is 14.3. The Morgan fingerprint density at radius 2 is 1.31 bits per heavy atom. The molecule has 1 aliphatic carbocycles. The van der Waals surface area contributed by atoms with Crippen molar-refractivity contribution in [1.82, 2.24) is 25.6 Å². The summed E-state index contributed by atoms with van der Waals surface area (Å²) >= 11 is 6.14. The monoisotopic (exact) mass is 746 g/mol. The van der Waals surface area contributed by atoms with Crippen LogP contribution < -0.4 is 31.3 Å². The van der Waals surface area contributed by atoms with Crippen molar-refractivity contribution in [1.29, 1.82) is 0 Å². The van der Waals surface area contributed by atoms with Crippen LogP contribution in [-0.2, 0) is 21.7 Å². The number of carbonyl (C=O) groups is 3. The summed E-state index contributed by atoms with van der Waals surface area (Å²) in [6.45, 7) is 8.45. The fourth-order valence-corrected chi connectivity index (χ4v) is 5.63. The quantitative estimate of drug-likeness (QED) is 0.0749. The van der Waals surface area contributed by atoms with E-state index in [9.17, 15) is 14.4 Å². The zero-order chi connectivity index (χ0) is 38.3. The molecule has 0 aliphatic heterocycles. The van der Waals surface area contributed by atoms with Crippen LogP contribution in [0.3, 0.4) is 0 Å². The zero-order valence-electron chi connectivity index (χ0n) is 30.6. The van der Waals surface area contributed by atoms with Crippen LogP contribution >= 0.6 is 11.6 Å². The van der Waals surface area contributed by atoms with E-state index in [0.717, 1.165) is 35.1 Å². The fourth-order valence-electron chi connectivity index (χ4n) is 5.50. The molecule has 0 atom stereocenters. The number of aryl methyl sites for hydroxylation is 2. The molecular formula is C41H43ClN8O4. The number of amides is 3. The third kappa shape index (κ3) is 10.3. The number of nitrogens with zero attached hydrogens (tertiary/aromatic N) is 3. The normalized spacial score (nSPS) is 13.0. The Hall–Kier alpha value is -6.01. The second-order valence-corrected chi connectivity index (χ2v) is 14.7. The Morgan fingerprint density at radius 1 is 0.722 bits per heavy atom. The smallest absolute Gasteiger partial charge is 0.323 e. The first kappa shape index (κ1) is 37.7. The van der Waals surface area contributed by atoms with Crippen molar-refractivity contribution in [2.45, 2.75) is 52.7 Å². The van der Waals surface area contributed by atoms with Crippen LogP contribution in [-0.4, -0.2) is 45.8 Å². The van der Waals surface area contributed by atoms with Crippen LogP contribution in [0.25, 0.3) is 0 Å². The zero-order valence-corrected chi connectivity index (χ0v) is 31.4. The molecule has 4 aromatic carbocycles. The van der Waals surface area contributed by atoms with Gasteiger partial charge in [0.15, 0.2) is 0 Å². The minimum Gasteiger partial charge on any atom is -0.458 e. The first-order valence-corrected chi connectivity index (χ1v) is 18.0. The van der Waals surface area contributed by atoms with Gasteiger partial charge in [-0.15, -0.1) is 0 Å². The van der Waals surface area contributed by atoms with Gasteiger partial charge in [-0.1, -0.05) is 85.1 Å². The summed E-state index contributed by atoms with van der Waals surface area (Å²) < 4.78 is 6.03. The SMILES string of the molecule is Cc1ccc(COc2nc(Nc3ccc(C(=O)NCC(C)(C)CNC(=O)C(=O)Nc4ccc(C)cc4)cc3)nc(NC3(c4ccc(Cl)cc4)CC3)n2)cc1. The summed E-state index contributed by atoms with van der Waals surface area (Å²) in [4.78, 5) is 51.6. The number of halogens is 1. The number of aromatic nitrogens is 3. The lowest BCUT2D eigenvalue weighted by atomic mass is 9.93. The molecule has 5 N–H and O–H groups in total. The first-order chi connectivity index (χ1) is 25.8. The first-order valence-electron chi connectivity index (χ1n) is 17.6. The van der Waals surface area contributed by atoms with Gasteiger partial charge in [0.1, 0.15) is 6.61 Å². The predicted octanol–water partition coefficient (Wildman–Crippen LogP) is 7.08. The summed E-state index contributed by atoms with van der Waals surface area (Å²) in [6.07, 6.45) is 1.81. The third-order valence-electron chi connectivity index (χ3n) is 8.98. The maximum atomic E-state index is 13.1. The van der Waals surface area contributed by atoms with E-state index in [4.69, 9.17) is 16.3 Å². The van der Waals surface area contributed by atoms with E-state index in [1.807, 2.05) is 88.4 Å². The van der Waals surface area contributed by atoms with Crippen molar-refractivity contribution < 1.29 is 19.1 Å². The highest BCUT2D eigenvalue weighted by Crippen LogP contribution is 2.48. The number of nitrogens with one attached hydrogen (secondary N) is 5. The summed E-state index contributed by atoms with van der Waals surface area (Å²) in [5, 5.41) is 15.5. The Bertz CT molecular complexity index is 2100. The lowest BCUT2D eigenvalue weighted by Gasteiger charge is -2.25.